The largest absolute Gasteiger partial charge is 0.329 e. The fourth-order valence-electron chi connectivity index (χ4n) is 1.78. The van der Waals surface area contributed by atoms with Crippen LogP contribution in [-0.4, -0.2) is 12.0 Å². The van der Waals surface area contributed by atoms with Crippen molar-refractivity contribution in [3.8, 4) is 0 Å². The van der Waals surface area contributed by atoms with Gasteiger partial charge in [-0.05, 0) is 41.8 Å². The summed E-state index contributed by atoms with van der Waals surface area (Å²) in [7, 11) is 2.02. The second kappa shape index (κ2) is 5.50. The summed E-state index contributed by atoms with van der Waals surface area (Å²) in [6, 6.07) is 14.3. The van der Waals surface area contributed by atoms with E-state index in [9.17, 15) is 0 Å². The fraction of sp³-hybridized carbons (Fsp3) is 0.188. The van der Waals surface area contributed by atoms with E-state index in [1.54, 1.807) is 0 Å². The van der Waals surface area contributed by atoms with E-state index in [0.717, 1.165) is 29.1 Å². The number of aromatic nitrogens is 1. The van der Waals surface area contributed by atoms with Crippen LogP contribution in [0.1, 0.15) is 18.9 Å². The van der Waals surface area contributed by atoms with Crippen LogP contribution in [0.3, 0.4) is 0 Å². The maximum absolute atomic E-state index is 4.49. The molecule has 92 valence electrons. The van der Waals surface area contributed by atoms with Crippen molar-refractivity contribution in [2.24, 2.45) is 0 Å². The second-order valence-electron chi connectivity index (χ2n) is 4.26. The zero-order valence-corrected chi connectivity index (χ0v) is 10.9. The van der Waals surface area contributed by atoms with Crippen molar-refractivity contribution in [3.05, 3.63) is 60.8 Å². The molecule has 0 aliphatic carbocycles. The van der Waals surface area contributed by atoms with Gasteiger partial charge in [-0.2, -0.15) is 0 Å². The van der Waals surface area contributed by atoms with Gasteiger partial charge in [-0.1, -0.05) is 31.7 Å². The Labute approximate surface area is 109 Å². The van der Waals surface area contributed by atoms with Crippen LogP contribution in [0.4, 0.5) is 11.5 Å². The third-order valence-corrected chi connectivity index (χ3v) is 3.07. The molecule has 0 amide bonds. The highest BCUT2D eigenvalue weighted by molar-refractivity contribution is 5.65. The van der Waals surface area contributed by atoms with Crippen LogP contribution in [0.15, 0.2) is 55.2 Å². The predicted octanol–water partition coefficient (Wildman–Crippen LogP) is 4.27. The third-order valence-electron chi connectivity index (χ3n) is 3.07. The lowest BCUT2D eigenvalue weighted by atomic mass is 10.1. The molecule has 2 aromatic rings. The van der Waals surface area contributed by atoms with Crippen molar-refractivity contribution in [2.75, 3.05) is 11.9 Å². The number of para-hydroxylation sites is 1. The number of nitrogens with zero attached hydrogens (tertiary/aromatic N) is 2. The molecule has 1 aromatic heterocycles. The van der Waals surface area contributed by atoms with Gasteiger partial charge in [-0.3, -0.25) is 0 Å². The zero-order chi connectivity index (χ0) is 13.0. The Bertz CT molecular complexity index is 515. The van der Waals surface area contributed by atoms with Gasteiger partial charge in [0.15, 0.2) is 0 Å². The van der Waals surface area contributed by atoms with Crippen molar-refractivity contribution >= 4 is 17.1 Å². The van der Waals surface area contributed by atoms with Crippen LogP contribution < -0.4 is 4.90 Å². The molecule has 0 N–H and O–H groups in total. The Kier molecular flexibility index (Phi) is 3.78. The first-order valence-electron chi connectivity index (χ1n) is 6.15. The molecule has 0 saturated carbocycles. The molecule has 2 rings (SSSR count). The topological polar surface area (TPSA) is 16.1 Å². The maximum atomic E-state index is 4.49. The van der Waals surface area contributed by atoms with Crippen LogP contribution in [0, 0.1) is 0 Å². The molecule has 0 atom stereocenters. The highest BCUT2D eigenvalue weighted by Gasteiger charge is 2.05. The van der Waals surface area contributed by atoms with Crippen molar-refractivity contribution in [3.63, 3.8) is 0 Å². The lowest BCUT2D eigenvalue weighted by molar-refractivity contribution is 1.12. The molecule has 0 spiro atoms. The first-order chi connectivity index (χ1) is 8.72. The van der Waals surface area contributed by atoms with E-state index >= 15 is 0 Å². The Morgan fingerprint density at radius 3 is 2.44 bits per heavy atom. The maximum Gasteiger partial charge on any atom is 0.132 e. The van der Waals surface area contributed by atoms with E-state index < -0.39 is 0 Å². The van der Waals surface area contributed by atoms with Gasteiger partial charge in [0, 0.05) is 18.9 Å². The van der Waals surface area contributed by atoms with E-state index in [1.165, 1.54) is 0 Å². The summed E-state index contributed by atoms with van der Waals surface area (Å²) in [6.45, 7) is 6.13. The smallest absolute Gasteiger partial charge is 0.132 e. The van der Waals surface area contributed by atoms with E-state index in [0.29, 0.717) is 0 Å². The van der Waals surface area contributed by atoms with Gasteiger partial charge in [0.25, 0.3) is 0 Å². The zero-order valence-electron chi connectivity index (χ0n) is 10.9. The predicted molar refractivity (Wildman–Crippen MR) is 78.1 cm³/mol. The molecule has 1 aromatic carbocycles. The summed E-state index contributed by atoms with van der Waals surface area (Å²) < 4.78 is 0. The van der Waals surface area contributed by atoms with Crippen LogP contribution in [0.5, 0.6) is 0 Å². The first-order valence-corrected chi connectivity index (χ1v) is 6.15. The van der Waals surface area contributed by atoms with Gasteiger partial charge in [-0.25, -0.2) is 4.98 Å². The molecular formula is C16H18N2. The van der Waals surface area contributed by atoms with Crippen molar-refractivity contribution in [2.45, 2.75) is 13.3 Å². The van der Waals surface area contributed by atoms with Gasteiger partial charge < -0.3 is 4.90 Å². The number of benzene rings is 1. The van der Waals surface area contributed by atoms with Gasteiger partial charge in [0.1, 0.15) is 5.82 Å². The number of anilines is 2. The number of hydrogen-bond donors (Lipinski definition) is 0. The monoisotopic (exact) mass is 238 g/mol. The Balaban J connectivity index is 2.22. The minimum Gasteiger partial charge on any atom is -0.329 e. The molecular weight excluding hydrogens is 220 g/mol. The standard InChI is InChI=1S/C16H18N2/c1-4-13(2)14-10-11-16(17-12-14)18(3)15-8-6-5-7-9-15/h5-12H,2,4H2,1,3H3. The molecule has 0 aliphatic heterocycles. The van der Waals surface area contributed by atoms with Crippen LogP contribution >= 0.6 is 0 Å². The van der Waals surface area contributed by atoms with E-state index in [1.807, 2.05) is 37.5 Å². The highest BCUT2D eigenvalue weighted by atomic mass is 15.2. The molecule has 0 fully saturated rings. The number of hydrogen-bond acceptors (Lipinski definition) is 2. The minimum absolute atomic E-state index is 0.939. The quantitative estimate of drug-likeness (QED) is 0.790. The summed E-state index contributed by atoms with van der Waals surface area (Å²) in [4.78, 5) is 6.56. The number of pyridine rings is 1. The third kappa shape index (κ3) is 2.59. The van der Waals surface area contributed by atoms with Crippen LogP contribution in [-0.2, 0) is 0 Å². The average Bonchev–Trinajstić information content (AvgIpc) is 2.47. The summed E-state index contributed by atoms with van der Waals surface area (Å²) in [6.07, 6.45) is 2.84. The van der Waals surface area contributed by atoms with Crippen molar-refractivity contribution in [1.82, 2.24) is 4.98 Å². The lowest BCUT2D eigenvalue weighted by Gasteiger charge is -2.18. The molecule has 0 bridgehead atoms. The minimum atomic E-state index is 0.939. The first kappa shape index (κ1) is 12.4. The van der Waals surface area contributed by atoms with Gasteiger partial charge in [-0.15, -0.1) is 0 Å². The molecule has 0 saturated heterocycles. The summed E-state index contributed by atoms with van der Waals surface area (Å²) >= 11 is 0. The van der Waals surface area contributed by atoms with Gasteiger partial charge in [0.05, 0.1) is 0 Å². The second-order valence-corrected chi connectivity index (χ2v) is 4.26. The van der Waals surface area contributed by atoms with Crippen molar-refractivity contribution in [1.29, 1.82) is 0 Å². The highest BCUT2D eigenvalue weighted by Crippen LogP contribution is 2.22. The van der Waals surface area contributed by atoms with Gasteiger partial charge in [0.2, 0.25) is 0 Å². The lowest BCUT2D eigenvalue weighted by Crippen LogP contribution is -2.10. The normalized spacial score (nSPS) is 10.1. The molecule has 0 unspecified atom stereocenters. The molecule has 0 radical (unpaired) electrons. The van der Waals surface area contributed by atoms with Gasteiger partial charge >= 0.3 is 0 Å². The summed E-state index contributed by atoms with van der Waals surface area (Å²) in [5, 5.41) is 0. The fourth-order valence-corrected chi connectivity index (χ4v) is 1.78. The van der Waals surface area contributed by atoms with E-state index in [4.69, 9.17) is 0 Å². The molecule has 2 heteroatoms. The summed E-state index contributed by atoms with van der Waals surface area (Å²) in [5.74, 6) is 0.939. The summed E-state index contributed by atoms with van der Waals surface area (Å²) in [5.41, 5.74) is 3.37. The van der Waals surface area contributed by atoms with Crippen LogP contribution in [0.25, 0.3) is 5.57 Å². The van der Waals surface area contributed by atoms with E-state index in [-0.39, 0.29) is 0 Å². The molecule has 1 heterocycles. The van der Waals surface area contributed by atoms with Crippen LogP contribution in [0.2, 0.25) is 0 Å². The van der Waals surface area contributed by atoms with Crippen molar-refractivity contribution < 1.29 is 0 Å². The Hall–Kier alpha value is -2.09. The number of rotatable bonds is 4. The number of allylic oxidation sites excluding steroid dienone is 1. The average molecular weight is 238 g/mol. The Morgan fingerprint density at radius 2 is 1.89 bits per heavy atom. The SMILES string of the molecule is C=C(CC)c1ccc(N(C)c2ccccc2)nc1. The molecule has 18 heavy (non-hydrogen) atoms. The molecule has 2 nitrogen and oxygen atoms in total. The molecule has 0 aliphatic rings. The Morgan fingerprint density at radius 1 is 1.17 bits per heavy atom. The van der Waals surface area contributed by atoms with E-state index in [2.05, 4.69) is 41.6 Å².